The molecule has 0 saturated heterocycles. The van der Waals surface area contributed by atoms with Gasteiger partial charge in [0.15, 0.2) is 0 Å². The van der Waals surface area contributed by atoms with Crippen molar-refractivity contribution < 1.29 is 17.5 Å². The van der Waals surface area contributed by atoms with Crippen molar-refractivity contribution in [3.8, 4) is 17.1 Å². The fraction of sp³-hybridized carbons (Fsp3) is 0.150. The lowest BCUT2D eigenvalue weighted by Gasteiger charge is -2.08. The van der Waals surface area contributed by atoms with Crippen LogP contribution in [0.2, 0.25) is 0 Å². The van der Waals surface area contributed by atoms with Crippen LogP contribution in [0.25, 0.3) is 21.5 Å². The Morgan fingerprint density at radius 1 is 1.07 bits per heavy atom. The van der Waals surface area contributed by atoms with Crippen LogP contribution < -0.4 is 9.46 Å². The highest BCUT2D eigenvalue weighted by molar-refractivity contribution is 7.89. The molecule has 0 radical (unpaired) electrons. The molecule has 2 aromatic carbocycles. The van der Waals surface area contributed by atoms with Crippen LogP contribution >= 0.6 is 11.3 Å². The van der Waals surface area contributed by atoms with Gasteiger partial charge in [-0.3, -0.25) is 0 Å². The molecule has 30 heavy (non-hydrogen) atoms. The minimum Gasteiger partial charge on any atom is -0.475 e. The van der Waals surface area contributed by atoms with E-state index in [9.17, 15) is 12.8 Å². The van der Waals surface area contributed by atoms with Crippen LogP contribution in [0.3, 0.4) is 0 Å². The maximum atomic E-state index is 13.0. The van der Waals surface area contributed by atoms with Gasteiger partial charge >= 0.3 is 0 Å². The lowest BCUT2D eigenvalue weighted by molar-refractivity contribution is 0.307. The van der Waals surface area contributed by atoms with Gasteiger partial charge < -0.3 is 4.74 Å². The second-order valence-electron chi connectivity index (χ2n) is 6.37. The van der Waals surface area contributed by atoms with Gasteiger partial charge in [0.1, 0.15) is 12.4 Å². The second kappa shape index (κ2) is 8.42. The maximum Gasteiger partial charge on any atom is 0.240 e. The number of hydrogen-bond donors (Lipinski definition) is 1. The summed E-state index contributed by atoms with van der Waals surface area (Å²) >= 11 is 1.45. The summed E-state index contributed by atoms with van der Waals surface area (Å²) in [6.45, 7) is 2.04. The molecule has 0 atom stereocenters. The third-order valence-corrected chi connectivity index (χ3v) is 6.59. The van der Waals surface area contributed by atoms with Gasteiger partial charge in [0.25, 0.3) is 0 Å². The van der Waals surface area contributed by atoms with Crippen LogP contribution in [0.15, 0.2) is 59.5 Å². The molecule has 0 amide bonds. The first-order chi connectivity index (χ1) is 14.4. The Balaban J connectivity index is 1.33. The van der Waals surface area contributed by atoms with Crippen molar-refractivity contribution in [2.45, 2.75) is 11.8 Å². The van der Waals surface area contributed by atoms with Gasteiger partial charge in [0.2, 0.25) is 15.9 Å². The van der Waals surface area contributed by atoms with Crippen molar-refractivity contribution in [2.24, 2.45) is 0 Å². The van der Waals surface area contributed by atoms with Crippen LogP contribution in [0.1, 0.15) is 5.01 Å². The van der Waals surface area contributed by atoms with Gasteiger partial charge in [-0.15, -0.1) is 21.5 Å². The monoisotopic (exact) mass is 444 g/mol. The predicted molar refractivity (Wildman–Crippen MR) is 112 cm³/mol. The number of aryl methyl sites for hydroxylation is 1. The molecule has 0 aliphatic carbocycles. The van der Waals surface area contributed by atoms with Crippen molar-refractivity contribution in [3.63, 3.8) is 0 Å². The van der Waals surface area contributed by atoms with Crippen molar-refractivity contribution in [1.82, 2.24) is 19.9 Å². The number of halogens is 1. The number of rotatable bonds is 7. The average molecular weight is 445 g/mol. The van der Waals surface area contributed by atoms with E-state index in [0.29, 0.717) is 5.69 Å². The molecule has 0 aliphatic heterocycles. The number of aromatic nitrogens is 3. The van der Waals surface area contributed by atoms with E-state index in [4.69, 9.17) is 4.74 Å². The minimum atomic E-state index is -3.66. The fourth-order valence-corrected chi connectivity index (χ4v) is 4.75. The summed E-state index contributed by atoms with van der Waals surface area (Å²) in [5.74, 6) is -0.0576. The van der Waals surface area contributed by atoms with Gasteiger partial charge in [-0.25, -0.2) is 22.5 Å². The topological polar surface area (TPSA) is 94.1 Å². The molecule has 2 heterocycles. The first-order valence-corrected chi connectivity index (χ1v) is 11.3. The smallest absolute Gasteiger partial charge is 0.240 e. The first-order valence-electron chi connectivity index (χ1n) is 9.00. The van der Waals surface area contributed by atoms with Crippen LogP contribution in [-0.4, -0.2) is 36.8 Å². The molecular weight excluding hydrogens is 427 g/mol. The molecule has 0 saturated carbocycles. The highest BCUT2D eigenvalue weighted by atomic mass is 32.2. The lowest BCUT2D eigenvalue weighted by Crippen LogP contribution is -2.28. The van der Waals surface area contributed by atoms with Crippen LogP contribution in [-0.2, 0) is 10.0 Å². The Morgan fingerprint density at radius 2 is 1.87 bits per heavy atom. The second-order valence-corrected chi connectivity index (χ2v) is 9.37. The lowest BCUT2D eigenvalue weighted by atomic mass is 10.1. The van der Waals surface area contributed by atoms with E-state index >= 15 is 0 Å². The largest absolute Gasteiger partial charge is 0.475 e. The van der Waals surface area contributed by atoms with Crippen LogP contribution in [0, 0.1) is 12.7 Å². The van der Waals surface area contributed by atoms with E-state index in [1.807, 2.05) is 6.92 Å². The number of thiazole rings is 1. The van der Waals surface area contributed by atoms with Crippen LogP contribution in [0.4, 0.5) is 4.39 Å². The quantitative estimate of drug-likeness (QED) is 0.438. The number of ether oxygens (including phenoxy) is 1. The zero-order chi connectivity index (χ0) is 21.1. The van der Waals surface area contributed by atoms with Crippen molar-refractivity contribution in [2.75, 3.05) is 13.2 Å². The van der Waals surface area contributed by atoms with Crippen molar-refractivity contribution >= 4 is 31.6 Å². The number of hydrogen-bond acceptors (Lipinski definition) is 7. The van der Waals surface area contributed by atoms with Gasteiger partial charge in [0, 0.05) is 18.2 Å². The molecule has 0 aliphatic rings. The molecule has 154 valence electrons. The van der Waals surface area contributed by atoms with Gasteiger partial charge in [0.05, 0.1) is 25.8 Å². The zero-order valence-electron chi connectivity index (χ0n) is 15.9. The normalized spacial score (nSPS) is 11.7. The summed E-state index contributed by atoms with van der Waals surface area (Å²) in [5, 5.41) is 8.88. The Kier molecular flexibility index (Phi) is 5.71. The third kappa shape index (κ3) is 4.61. The third-order valence-electron chi connectivity index (χ3n) is 4.20. The molecule has 7 nitrogen and oxygen atoms in total. The van der Waals surface area contributed by atoms with E-state index in [1.54, 1.807) is 36.4 Å². The summed E-state index contributed by atoms with van der Waals surface area (Å²) < 4.78 is 46.7. The molecule has 10 heteroatoms. The van der Waals surface area contributed by atoms with E-state index in [2.05, 4.69) is 19.9 Å². The first kappa shape index (κ1) is 20.3. The molecule has 4 aromatic rings. The summed E-state index contributed by atoms with van der Waals surface area (Å²) in [6.07, 6.45) is 0. The summed E-state index contributed by atoms with van der Waals surface area (Å²) in [5.41, 5.74) is 2.09. The summed E-state index contributed by atoms with van der Waals surface area (Å²) in [4.78, 5) is 4.51. The summed E-state index contributed by atoms with van der Waals surface area (Å²) in [6, 6.07) is 14.1. The Bertz CT molecular complexity index is 1270. The molecule has 1 N–H and O–H groups in total. The SMILES string of the molecule is Cc1nc2ccc(S(=O)(=O)NCCOc3ccc(-c4ccc(F)cc4)nn3)cc2s1. The molecule has 4 rings (SSSR count). The maximum absolute atomic E-state index is 13.0. The number of benzene rings is 2. The molecule has 0 spiro atoms. The molecule has 2 aromatic heterocycles. The van der Waals surface area contributed by atoms with E-state index in [0.717, 1.165) is 20.8 Å². The van der Waals surface area contributed by atoms with E-state index < -0.39 is 10.0 Å². The van der Waals surface area contributed by atoms with Gasteiger partial charge in [-0.2, -0.15) is 0 Å². The van der Waals surface area contributed by atoms with Gasteiger partial charge in [-0.1, -0.05) is 0 Å². The molecule has 0 fully saturated rings. The summed E-state index contributed by atoms with van der Waals surface area (Å²) in [7, 11) is -3.66. The van der Waals surface area contributed by atoms with Crippen molar-refractivity contribution in [1.29, 1.82) is 0 Å². The highest BCUT2D eigenvalue weighted by Crippen LogP contribution is 2.24. The highest BCUT2D eigenvalue weighted by Gasteiger charge is 2.15. The minimum absolute atomic E-state index is 0.0729. The predicted octanol–water partition coefficient (Wildman–Crippen LogP) is 3.56. The Hall–Kier alpha value is -2.95. The standard InChI is InChI=1S/C20H17FN4O3S2/c1-13-23-18-7-6-16(12-19(18)29-13)30(26,27)22-10-11-28-20-9-8-17(24-25-20)14-2-4-15(21)5-3-14/h2-9,12,22H,10-11H2,1H3. The Morgan fingerprint density at radius 3 is 2.60 bits per heavy atom. The number of nitrogens with one attached hydrogen (secondary N) is 1. The number of nitrogens with zero attached hydrogens (tertiary/aromatic N) is 3. The fourth-order valence-electron chi connectivity index (χ4n) is 2.77. The van der Waals surface area contributed by atoms with Crippen molar-refractivity contribution in [3.05, 3.63) is 65.4 Å². The van der Waals surface area contributed by atoms with E-state index in [1.165, 1.54) is 29.5 Å². The molecule has 0 bridgehead atoms. The zero-order valence-corrected chi connectivity index (χ0v) is 17.5. The molecular formula is C20H17FN4O3S2. The Labute approximate surface area is 176 Å². The number of fused-ring (bicyclic) bond motifs is 1. The molecule has 0 unspecified atom stereocenters. The average Bonchev–Trinajstić information content (AvgIpc) is 3.11. The van der Waals surface area contributed by atoms with Gasteiger partial charge in [-0.05, 0) is 55.5 Å². The van der Waals surface area contributed by atoms with E-state index in [-0.39, 0.29) is 29.7 Å². The number of sulfonamides is 1. The van der Waals surface area contributed by atoms with Crippen LogP contribution in [0.5, 0.6) is 5.88 Å².